The molecule has 0 aliphatic rings. The van der Waals surface area contributed by atoms with E-state index in [9.17, 15) is 91.3 Å². The molecule has 0 amide bonds. The van der Waals surface area contributed by atoms with Gasteiger partial charge < -0.3 is 0 Å². The number of halogens is 19. The van der Waals surface area contributed by atoms with Crippen molar-refractivity contribution >= 4 is 10.5 Å². The van der Waals surface area contributed by atoms with E-state index in [1.54, 1.807) is 0 Å². The largest absolute Gasteiger partial charge is 0.450 e. The molecule has 0 saturated heterocycles. The van der Waals surface area contributed by atoms with E-state index in [1.807, 2.05) is 0 Å². The molecule has 193 valence electrons. The van der Waals surface area contributed by atoms with Crippen LogP contribution >= 0.6 is 0 Å². The summed E-state index contributed by atoms with van der Waals surface area (Å²) in [4.78, 5) is 0. The molecule has 0 aromatic carbocycles. The maximum absolute atomic E-state index is 14.1. The van der Waals surface area contributed by atoms with Crippen LogP contribution in [0, 0.1) is 5.92 Å². The van der Waals surface area contributed by atoms with Crippen molar-refractivity contribution in [3.8, 4) is 0 Å². The van der Waals surface area contributed by atoms with E-state index in [0.717, 1.165) is 0 Å². The van der Waals surface area contributed by atoms with Gasteiger partial charge in [-0.1, -0.05) is 3.89 Å². The van der Waals surface area contributed by atoms with Crippen molar-refractivity contribution in [2.75, 3.05) is 0 Å². The van der Waals surface area contributed by atoms with Crippen molar-refractivity contribution in [2.45, 2.75) is 48.1 Å². The zero-order valence-corrected chi connectivity index (χ0v) is 14.1. The molecule has 0 N–H and O–H groups in total. The Morgan fingerprint density at radius 1 is 0.469 bits per heavy atom. The molecule has 0 saturated carbocycles. The lowest BCUT2D eigenvalue weighted by Crippen LogP contribution is -2.76. The van der Waals surface area contributed by atoms with Crippen LogP contribution in [-0.4, -0.2) is 56.5 Å². The summed E-state index contributed by atoms with van der Waals surface area (Å²) in [5, 5.41) is 0. The molecule has 0 aromatic heterocycles. The molecule has 0 fully saturated rings. The second kappa shape index (κ2) is 7.55. The minimum Gasteiger partial charge on any atom is -0.222 e. The first-order valence-corrected chi connectivity index (χ1v) is 7.57. The summed E-state index contributed by atoms with van der Waals surface area (Å²) in [6.07, 6.45) is -42.6. The maximum atomic E-state index is 14.1. The van der Waals surface area contributed by atoms with Gasteiger partial charge in [-0.3, -0.25) is 0 Å². The van der Waals surface area contributed by atoms with E-state index in [-0.39, 0.29) is 0 Å². The fraction of sp³-hybridized carbons (Fsp3) is 0.889. The van der Waals surface area contributed by atoms with Crippen molar-refractivity contribution in [1.29, 1.82) is 0 Å². The topological polar surface area (TPSA) is 43.4 Å². The molecule has 0 heterocycles. The Kier molecular flexibility index (Phi) is 7.21. The highest BCUT2D eigenvalue weighted by Gasteiger charge is 2.96. The van der Waals surface area contributed by atoms with Crippen LogP contribution in [0.25, 0.3) is 0 Å². The molecule has 1 atom stereocenters. The standard InChI is InChI=1S/C9F19O3S/c10-2(5(13,14)15,6(16,17)18)1(3(11,7(19,20)21)8(22,23)24)4(12,9(25,26)27)31-32(28,29)30. The van der Waals surface area contributed by atoms with Gasteiger partial charge in [0.1, 0.15) is 0 Å². The second-order valence-corrected chi connectivity index (χ2v) is 6.21. The van der Waals surface area contributed by atoms with Crippen LogP contribution in [0.5, 0.6) is 0 Å². The minimum absolute atomic E-state index is 1.32. The van der Waals surface area contributed by atoms with Gasteiger partial charge in [0.2, 0.25) is 0 Å². The average molecular weight is 549 g/mol. The van der Waals surface area contributed by atoms with E-state index >= 15 is 0 Å². The van der Waals surface area contributed by atoms with Crippen LogP contribution < -0.4 is 0 Å². The molecular weight excluding hydrogens is 549 g/mol. The Bertz CT molecular complexity index is 715. The van der Waals surface area contributed by atoms with E-state index < -0.39 is 64.5 Å². The first kappa shape index (κ1) is 30.6. The summed E-state index contributed by atoms with van der Waals surface area (Å²) < 4.78 is 266. The Hall–Kier alpha value is -1.42. The highest BCUT2D eigenvalue weighted by molar-refractivity contribution is 7.81. The van der Waals surface area contributed by atoms with Crippen molar-refractivity contribution in [3.63, 3.8) is 0 Å². The zero-order valence-electron chi connectivity index (χ0n) is 13.3. The van der Waals surface area contributed by atoms with Crippen LogP contribution in [0.1, 0.15) is 0 Å². The summed E-state index contributed by atoms with van der Waals surface area (Å²) in [6, 6.07) is 0. The van der Waals surface area contributed by atoms with E-state index in [1.165, 1.54) is 4.18 Å². The number of alkyl halides is 18. The number of rotatable bonds is 5. The Labute approximate surface area is 161 Å². The van der Waals surface area contributed by atoms with Gasteiger partial charge in [-0.15, -0.1) is 0 Å². The Balaban J connectivity index is 8.26. The first-order chi connectivity index (χ1) is 13.3. The van der Waals surface area contributed by atoms with Crippen molar-refractivity contribution < 1.29 is 95.5 Å². The van der Waals surface area contributed by atoms with Gasteiger partial charge >= 0.3 is 58.6 Å². The minimum atomic E-state index is -8.95. The fourth-order valence-corrected chi connectivity index (χ4v) is 2.39. The van der Waals surface area contributed by atoms with Crippen molar-refractivity contribution in [1.82, 2.24) is 0 Å². The molecule has 0 rings (SSSR count). The first-order valence-electron chi connectivity index (χ1n) is 6.26. The fourth-order valence-electron chi connectivity index (χ4n) is 1.94. The number of hydrogen-bond acceptors (Lipinski definition) is 3. The normalized spacial score (nSPS) is 18.1. The van der Waals surface area contributed by atoms with Gasteiger partial charge in [-0.05, 0) is 0 Å². The van der Waals surface area contributed by atoms with Gasteiger partial charge in [0, 0.05) is 0 Å². The molecule has 0 spiro atoms. The van der Waals surface area contributed by atoms with Gasteiger partial charge in [0.05, 0.1) is 0 Å². The summed E-state index contributed by atoms with van der Waals surface area (Å²) in [7, 11) is -8.13. The summed E-state index contributed by atoms with van der Waals surface area (Å²) >= 11 is 0. The predicted octanol–water partition coefficient (Wildman–Crippen LogP) is 5.69. The summed E-state index contributed by atoms with van der Waals surface area (Å²) in [5.41, 5.74) is -17.9. The molecule has 32 heavy (non-hydrogen) atoms. The average Bonchev–Trinajstić information content (AvgIpc) is 2.38. The molecule has 0 bridgehead atoms. The maximum Gasteiger partial charge on any atom is 0.450 e. The lowest BCUT2D eigenvalue weighted by molar-refractivity contribution is -0.412. The lowest BCUT2D eigenvalue weighted by Gasteiger charge is -2.47. The molecule has 23 heteroatoms. The molecule has 0 aromatic rings. The monoisotopic (exact) mass is 549 g/mol. The third-order valence-corrected chi connectivity index (χ3v) is 3.58. The predicted molar refractivity (Wildman–Crippen MR) is 56.1 cm³/mol. The van der Waals surface area contributed by atoms with E-state index in [2.05, 4.69) is 0 Å². The molecular formula is C9F19O3S. The second-order valence-electron chi connectivity index (χ2n) is 5.25. The van der Waals surface area contributed by atoms with Crippen LogP contribution in [0.15, 0.2) is 0 Å². The lowest BCUT2D eigenvalue weighted by atomic mass is 9.70. The molecule has 3 nitrogen and oxygen atoms in total. The third kappa shape index (κ3) is 4.76. The molecule has 0 aliphatic heterocycles. The van der Waals surface area contributed by atoms with Gasteiger partial charge in [-0.2, -0.15) is 82.8 Å². The van der Waals surface area contributed by atoms with Crippen LogP contribution in [0.3, 0.4) is 0 Å². The van der Waals surface area contributed by atoms with E-state index in [4.69, 9.17) is 0 Å². The van der Waals surface area contributed by atoms with Gasteiger partial charge in [0.25, 0.3) is 0 Å². The quantitative estimate of drug-likeness (QED) is 0.328. The molecule has 0 aliphatic carbocycles. The van der Waals surface area contributed by atoms with Gasteiger partial charge in [-0.25, -0.2) is 8.78 Å². The smallest absolute Gasteiger partial charge is 0.222 e. The Morgan fingerprint density at radius 2 is 0.688 bits per heavy atom. The van der Waals surface area contributed by atoms with Crippen LogP contribution in [0.4, 0.5) is 82.9 Å². The zero-order chi connectivity index (χ0) is 26.8. The van der Waals surface area contributed by atoms with Crippen molar-refractivity contribution in [2.24, 2.45) is 0 Å². The molecule has 1 radical (unpaired) electrons. The highest BCUT2D eigenvalue weighted by Crippen LogP contribution is 2.68. The number of hydrogen-bond donors (Lipinski definition) is 0. The molecule has 1 unspecified atom stereocenters. The highest BCUT2D eigenvalue weighted by atomic mass is 32.3. The third-order valence-electron chi connectivity index (χ3n) is 3.15. The summed E-state index contributed by atoms with van der Waals surface area (Å²) in [6.45, 7) is 0. The van der Waals surface area contributed by atoms with E-state index in [0.29, 0.717) is 0 Å². The summed E-state index contributed by atoms with van der Waals surface area (Å²) in [5.74, 6) is -15.2. The van der Waals surface area contributed by atoms with Crippen molar-refractivity contribution in [3.05, 3.63) is 5.92 Å². The van der Waals surface area contributed by atoms with Crippen LogP contribution in [-0.2, 0) is 14.7 Å². The SMILES string of the molecule is O=S(=O)(F)OC(F)([C](C(F)(C(F)(F)F)C(F)(F)F)C(F)(C(F)(F)F)C(F)(F)F)C(F)(F)F. The Morgan fingerprint density at radius 3 is 0.812 bits per heavy atom. The van der Waals surface area contributed by atoms with Crippen LogP contribution in [0.2, 0.25) is 0 Å². The van der Waals surface area contributed by atoms with Gasteiger partial charge in [0.15, 0.2) is 5.92 Å².